The Hall–Kier alpha value is -2.40. The number of hydrogen-bond donors (Lipinski definition) is 2. The van der Waals surface area contributed by atoms with Gasteiger partial charge in [-0.3, -0.25) is 4.79 Å². The van der Waals surface area contributed by atoms with Gasteiger partial charge in [-0.2, -0.15) is 0 Å². The van der Waals surface area contributed by atoms with Crippen LogP contribution < -0.4 is 15.8 Å². The number of benzene rings is 2. The van der Waals surface area contributed by atoms with Crippen LogP contribution in [0.2, 0.25) is 0 Å². The van der Waals surface area contributed by atoms with Gasteiger partial charge in [0.2, 0.25) is 5.91 Å². The molecule has 0 radical (unpaired) electrons. The molecule has 21 heavy (non-hydrogen) atoms. The second-order valence-corrected chi connectivity index (χ2v) is 4.75. The molecule has 4 nitrogen and oxygen atoms in total. The molecule has 0 aliphatic rings. The summed E-state index contributed by atoms with van der Waals surface area (Å²) in [7, 11) is 0. The molecular weight excluding hydrogens is 271 g/mol. The molecule has 0 aliphatic heterocycles. The van der Waals surface area contributed by atoms with E-state index in [0.717, 1.165) is 0 Å². The van der Waals surface area contributed by atoms with Crippen LogP contribution in [0.25, 0.3) is 0 Å². The van der Waals surface area contributed by atoms with E-state index in [9.17, 15) is 9.18 Å². The predicted octanol–water partition coefficient (Wildman–Crippen LogP) is 3.60. The molecule has 0 fully saturated rings. The number of carbonyl (C=O) groups excluding carboxylic acids is 1. The molecule has 1 unspecified atom stereocenters. The number of nitrogens with two attached hydrogens (primary N) is 1. The van der Waals surface area contributed by atoms with Crippen LogP contribution in [0.3, 0.4) is 0 Å². The highest BCUT2D eigenvalue weighted by Gasteiger charge is 2.12. The van der Waals surface area contributed by atoms with Crippen molar-refractivity contribution < 1.29 is 13.9 Å². The molecule has 0 aliphatic carbocycles. The molecule has 0 aromatic heterocycles. The average Bonchev–Trinajstić information content (AvgIpc) is 2.42. The molecule has 110 valence electrons. The average molecular weight is 288 g/mol. The first-order valence-electron chi connectivity index (χ1n) is 6.57. The molecule has 0 saturated carbocycles. The van der Waals surface area contributed by atoms with Crippen molar-refractivity contribution in [2.24, 2.45) is 5.73 Å². The maximum absolute atomic E-state index is 13.3. The van der Waals surface area contributed by atoms with E-state index in [1.165, 1.54) is 25.1 Å². The minimum Gasteiger partial charge on any atom is -0.455 e. The number of rotatable bonds is 4. The number of hydrogen-bond acceptors (Lipinski definition) is 3. The second-order valence-electron chi connectivity index (χ2n) is 4.75. The topological polar surface area (TPSA) is 64.3 Å². The van der Waals surface area contributed by atoms with Gasteiger partial charge in [-0.15, -0.1) is 0 Å². The van der Waals surface area contributed by atoms with Crippen LogP contribution in [0.1, 0.15) is 25.5 Å². The van der Waals surface area contributed by atoms with Gasteiger partial charge >= 0.3 is 0 Å². The first-order chi connectivity index (χ1) is 9.97. The summed E-state index contributed by atoms with van der Waals surface area (Å²) < 4.78 is 19.1. The van der Waals surface area contributed by atoms with E-state index in [2.05, 4.69) is 5.32 Å². The Morgan fingerprint density at radius 3 is 2.62 bits per heavy atom. The number of para-hydroxylation sites is 2. The minimum absolute atomic E-state index is 0.197. The SMILES string of the molecule is CC(=O)Nc1ccccc1Oc1ccc(F)cc1C(C)N. The van der Waals surface area contributed by atoms with Crippen LogP contribution in [0.4, 0.5) is 10.1 Å². The van der Waals surface area contributed by atoms with Crippen LogP contribution in [0, 0.1) is 5.82 Å². The maximum Gasteiger partial charge on any atom is 0.221 e. The third-order valence-corrected chi connectivity index (χ3v) is 2.88. The standard InChI is InChI=1S/C16H17FN2O2/c1-10(18)13-9-12(17)7-8-15(13)21-16-6-4-3-5-14(16)19-11(2)20/h3-10H,18H2,1-2H3,(H,19,20). The zero-order chi connectivity index (χ0) is 15.4. The van der Waals surface area contributed by atoms with Crippen molar-refractivity contribution in [2.75, 3.05) is 5.32 Å². The summed E-state index contributed by atoms with van der Waals surface area (Å²) in [5, 5.41) is 2.68. The van der Waals surface area contributed by atoms with E-state index < -0.39 is 0 Å². The fraction of sp³-hybridized carbons (Fsp3) is 0.188. The normalized spacial score (nSPS) is 11.8. The summed E-state index contributed by atoms with van der Waals surface area (Å²) in [4.78, 5) is 11.2. The molecule has 3 N–H and O–H groups in total. The van der Waals surface area contributed by atoms with Gasteiger partial charge in [-0.1, -0.05) is 12.1 Å². The lowest BCUT2D eigenvalue weighted by atomic mass is 10.1. The predicted molar refractivity (Wildman–Crippen MR) is 79.8 cm³/mol. The number of halogens is 1. The number of ether oxygens (including phenoxy) is 1. The molecule has 1 atom stereocenters. The quantitative estimate of drug-likeness (QED) is 0.903. The Balaban J connectivity index is 2.36. The molecule has 0 spiro atoms. The monoisotopic (exact) mass is 288 g/mol. The van der Waals surface area contributed by atoms with Gasteiger partial charge in [-0.25, -0.2) is 4.39 Å². The van der Waals surface area contributed by atoms with E-state index in [1.54, 1.807) is 31.2 Å². The zero-order valence-electron chi connectivity index (χ0n) is 11.9. The first-order valence-corrected chi connectivity index (χ1v) is 6.57. The third-order valence-electron chi connectivity index (χ3n) is 2.88. The number of anilines is 1. The van der Waals surface area contributed by atoms with Gasteiger partial charge in [-0.05, 0) is 37.3 Å². The largest absolute Gasteiger partial charge is 0.455 e. The van der Waals surface area contributed by atoms with Crippen LogP contribution in [-0.4, -0.2) is 5.91 Å². The second kappa shape index (κ2) is 6.37. The molecule has 2 rings (SSSR count). The fourth-order valence-corrected chi connectivity index (χ4v) is 1.94. The Morgan fingerprint density at radius 1 is 1.24 bits per heavy atom. The minimum atomic E-state index is -0.372. The van der Waals surface area contributed by atoms with Gasteiger partial charge in [0.1, 0.15) is 11.6 Å². The van der Waals surface area contributed by atoms with Crippen molar-refractivity contribution >= 4 is 11.6 Å². The summed E-state index contributed by atoms with van der Waals surface area (Å²) in [5.41, 5.74) is 6.95. The van der Waals surface area contributed by atoms with E-state index in [0.29, 0.717) is 22.7 Å². The zero-order valence-corrected chi connectivity index (χ0v) is 11.9. The van der Waals surface area contributed by atoms with Gasteiger partial charge in [0.05, 0.1) is 5.69 Å². The Morgan fingerprint density at radius 2 is 1.95 bits per heavy atom. The highest BCUT2D eigenvalue weighted by molar-refractivity contribution is 5.90. The highest BCUT2D eigenvalue weighted by atomic mass is 19.1. The lowest BCUT2D eigenvalue weighted by Gasteiger charge is -2.16. The lowest BCUT2D eigenvalue weighted by Crippen LogP contribution is -2.09. The number of amides is 1. The smallest absolute Gasteiger partial charge is 0.221 e. The number of carbonyl (C=O) groups is 1. The molecule has 0 heterocycles. The van der Waals surface area contributed by atoms with Crippen molar-refractivity contribution in [3.05, 3.63) is 53.8 Å². The summed E-state index contributed by atoms with van der Waals surface area (Å²) in [6.07, 6.45) is 0. The van der Waals surface area contributed by atoms with Crippen LogP contribution in [0.15, 0.2) is 42.5 Å². The maximum atomic E-state index is 13.3. The van der Waals surface area contributed by atoms with Crippen LogP contribution >= 0.6 is 0 Å². The summed E-state index contributed by atoms with van der Waals surface area (Å²) in [6, 6.07) is 10.8. The van der Waals surface area contributed by atoms with Crippen LogP contribution in [-0.2, 0) is 4.79 Å². The van der Waals surface area contributed by atoms with Crippen molar-refractivity contribution in [2.45, 2.75) is 19.9 Å². The lowest BCUT2D eigenvalue weighted by molar-refractivity contribution is -0.114. The molecule has 5 heteroatoms. The van der Waals surface area contributed by atoms with E-state index in [4.69, 9.17) is 10.5 Å². The van der Waals surface area contributed by atoms with Gasteiger partial charge in [0, 0.05) is 18.5 Å². The Bertz CT molecular complexity index is 656. The van der Waals surface area contributed by atoms with Gasteiger partial charge < -0.3 is 15.8 Å². The first kappa shape index (κ1) is 15.0. The summed E-state index contributed by atoms with van der Waals surface area (Å²) in [6.45, 7) is 3.17. The van der Waals surface area contributed by atoms with Crippen molar-refractivity contribution in [3.8, 4) is 11.5 Å². The van der Waals surface area contributed by atoms with E-state index in [1.807, 2.05) is 0 Å². The highest BCUT2D eigenvalue weighted by Crippen LogP contribution is 2.33. The summed E-state index contributed by atoms with van der Waals surface area (Å²) >= 11 is 0. The molecule has 2 aromatic carbocycles. The molecule has 1 amide bonds. The van der Waals surface area contributed by atoms with E-state index in [-0.39, 0.29) is 17.8 Å². The van der Waals surface area contributed by atoms with E-state index >= 15 is 0 Å². The van der Waals surface area contributed by atoms with Crippen LogP contribution in [0.5, 0.6) is 11.5 Å². The summed E-state index contributed by atoms with van der Waals surface area (Å²) in [5.74, 6) is 0.368. The van der Waals surface area contributed by atoms with Gasteiger partial charge in [0.25, 0.3) is 0 Å². The third kappa shape index (κ3) is 3.79. The molecule has 2 aromatic rings. The molecular formula is C16H17FN2O2. The Labute approximate surface area is 122 Å². The number of nitrogens with one attached hydrogen (secondary N) is 1. The van der Waals surface area contributed by atoms with Gasteiger partial charge in [0.15, 0.2) is 5.75 Å². The fourth-order valence-electron chi connectivity index (χ4n) is 1.94. The van der Waals surface area contributed by atoms with Crippen molar-refractivity contribution in [1.29, 1.82) is 0 Å². The Kier molecular flexibility index (Phi) is 4.55. The molecule has 0 bridgehead atoms. The van der Waals surface area contributed by atoms with Crippen molar-refractivity contribution in [3.63, 3.8) is 0 Å². The molecule has 0 saturated heterocycles. The van der Waals surface area contributed by atoms with Crippen molar-refractivity contribution in [1.82, 2.24) is 0 Å².